The smallest absolute Gasteiger partial charge is 0.162 e. The van der Waals surface area contributed by atoms with E-state index in [1.54, 1.807) is 30.7 Å². The van der Waals surface area contributed by atoms with Crippen LogP contribution in [0, 0.1) is 11.7 Å². The zero-order chi connectivity index (χ0) is 21.4. The van der Waals surface area contributed by atoms with Gasteiger partial charge in [-0.15, -0.1) is 0 Å². The third kappa shape index (κ3) is 3.74. The number of piperidine rings is 2. The maximum Gasteiger partial charge on any atom is 0.162 e. The zero-order valence-electron chi connectivity index (χ0n) is 16.7. The monoisotopic (exact) mass is 437 g/mol. The summed E-state index contributed by atoms with van der Waals surface area (Å²) in [5, 5.41) is 4.13. The van der Waals surface area contributed by atoms with Crippen molar-refractivity contribution in [3.05, 3.63) is 65.3 Å². The predicted octanol–water partition coefficient (Wildman–Crippen LogP) is 4.61. The molecule has 1 N–H and O–H groups in total. The summed E-state index contributed by atoms with van der Waals surface area (Å²) in [4.78, 5) is 27.1. The first kappa shape index (κ1) is 19.9. The summed E-state index contributed by atoms with van der Waals surface area (Å²) in [6.07, 6.45) is 8.59. The number of anilines is 2. The topological polar surface area (TPSA) is 71.0 Å². The quantitative estimate of drug-likeness (QED) is 0.587. The molecule has 0 radical (unpaired) electrons. The Morgan fingerprint density at radius 1 is 1.13 bits per heavy atom. The van der Waals surface area contributed by atoms with E-state index < -0.39 is 5.82 Å². The van der Waals surface area contributed by atoms with Crippen LogP contribution >= 0.6 is 11.6 Å². The number of aromatic nitrogens is 3. The number of nitrogens with one attached hydrogen (secondary N) is 1. The van der Waals surface area contributed by atoms with Crippen LogP contribution < -0.4 is 10.2 Å². The van der Waals surface area contributed by atoms with E-state index in [1.807, 2.05) is 12.1 Å². The van der Waals surface area contributed by atoms with Crippen LogP contribution in [0.5, 0.6) is 0 Å². The molecule has 2 aliphatic heterocycles. The molecule has 1 aliphatic carbocycles. The van der Waals surface area contributed by atoms with Gasteiger partial charge >= 0.3 is 0 Å². The van der Waals surface area contributed by atoms with Gasteiger partial charge in [0.15, 0.2) is 12.1 Å². The molecule has 2 aromatic heterocycles. The van der Waals surface area contributed by atoms with E-state index in [1.165, 1.54) is 6.07 Å². The fourth-order valence-electron chi connectivity index (χ4n) is 4.88. The van der Waals surface area contributed by atoms with Crippen LogP contribution in [0.3, 0.4) is 0 Å². The Hall–Kier alpha value is -3.06. The van der Waals surface area contributed by atoms with E-state index in [2.05, 4.69) is 25.2 Å². The van der Waals surface area contributed by atoms with Crippen molar-refractivity contribution in [1.29, 1.82) is 0 Å². The van der Waals surface area contributed by atoms with Crippen LogP contribution in [0.25, 0.3) is 11.4 Å². The third-order valence-electron chi connectivity index (χ3n) is 6.23. The minimum atomic E-state index is -0.501. The molecule has 3 aliphatic rings. The number of carbonyl (C=O) groups excluding carboxylic acids is 1. The first-order chi connectivity index (χ1) is 15.1. The molecular weight excluding hydrogens is 417 g/mol. The van der Waals surface area contributed by atoms with Crippen molar-refractivity contribution in [2.75, 3.05) is 16.8 Å². The number of pyridine rings is 1. The fourth-order valence-corrected chi connectivity index (χ4v) is 5.00. The lowest BCUT2D eigenvalue weighted by atomic mass is 9.76. The molecule has 6 nitrogen and oxygen atoms in total. The van der Waals surface area contributed by atoms with Gasteiger partial charge in [0.05, 0.1) is 16.1 Å². The largest absolute Gasteiger partial charge is 0.366 e. The van der Waals surface area contributed by atoms with Crippen LogP contribution in [-0.2, 0) is 0 Å². The Bertz CT molecular complexity index is 1100. The molecule has 3 aromatic rings. The standard InChI is InChI=1S/C23H21ClFN5O/c24-15-3-7-21(28-11-15)29-18-10-14-2-5-20(18)30(12-14)19-6-4-17(25)22(16(19)13-31)23-26-8-1-9-27-23/h1,3-4,6-9,11,13-14,18,20H,2,5,10,12H2,(H,28,29)/t14-,18-,20+/m1/s1. The first-order valence-corrected chi connectivity index (χ1v) is 10.7. The van der Waals surface area contributed by atoms with Crippen LogP contribution in [0.2, 0.25) is 5.02 Å². The lowest BCUT2D eigenvalue weighted by Crippen LogP contribution is -2.58. The highest BCUT2D eigenvalue weighted by Crippen LogP contribution is 2.41. The maximum absolute atomic E-state index is 14.8. The van der Waals surface area contributed by atoms with Gasteiger partial charge in [0, 0.05) is 42.9 Å². The van der Waals surface area contributed by atoms with Crippen molar-refractivity contribution in [2.45, 2.75) is 31.3 Å². The van der Waals surface area contributed by atoms with Gasteiger partial charge in [-0.05, 0) is 55.5 Å². The van der Waals surface area contributed by atoms with Gasteiger partial charge in [-0.25, -0.2) is 19.3 Å². The molecule has 158 valence electrons. The van der Waals surface area contributed by atoms with Gasteiger partial charge in [-0.2, -0.15) is 0 Å². The van der Waals surface area contributed by atoms with Crippen molar-refractivity contribution in [3.63, 3.8) is 0 Å². The molecular formula is C23H21ClFN5O. The fraction of sp³-hybridized carbons (Fsp3) is 0.304. The lowest BCUT2D eigenvalue weighted by molar-refractivity contribution is 0.112. The number of halogens is 2. The summed E-state index contributed by atoms with van der Waals surface area (Å²) in [5.41, 5.74) is 1.17. The normalized spacial score (nSPS) is 22.4. The van der Waals surface area contributed by atoms with E-state index in [0.717, 1.165) is 43.6 Å². The predicted molar refractivity (Wildman–Crippen MR) is 118 cm³/mol. The molecule has 6 rings (SSSR count). The van der Waals surface area contributed by atoms with Crippen molar-refractivity contribution in [3.8, 4) is 11.4 Å². The molecule has 8 heteroatoms. The molecule has 0 spiro atoms. The van der Waals surface area contributed by atoms with E-state index in [0.29, 0.717) is 16.5 Å². The Morgan fingerprint density at radius 3 is 2.68 bits per heavy atom. The SMILES string of the molecule is O=Cc1c(N2C[C@@H]3CC[C@H]2[C@H](Nc2ccc(Cl)cn2)C3)ccc(F)c1-c1ncccn1. The second-order valence-corrected chi connectivity index (χ2v) is 8.49. The molecule has 2 saturated heterocycles. The van der Waals surface area contributed by atoms with E-state index in [4.69, 9.17) is 11.6 Å². The molecule has 1 saturated carbocycles. The Labute approximate surface area is 184 Å². The minimum absolute atomic E-state index is 0.151. The number of nitrogens with zero attached hydrogens (tertiary/aromatic N) is 4. The maximum atomic E-state index is 14.8. The number of fused-ring (bicyclic) bond motifs is 3. The molecule has 3 atom stereocenters. The van der Waals surface area contributed by atoms with Gasteiger partial charge in [0.25, 0.3) is 0 Å². The first-order valence-electron chi connectivity index (χ1n) is 10.3. The van der Waals surface area contributed by atoms with E-state index in [-0.39, 0.29) is 23.5 Å². The van der Waals surface area contributed by atoms with Gasteiger partial charge < -0.3 is 10.2 Å². The molecule has 3 fully saturated rings. The van der Waals surface area contributed by atoms with Crippen LogP contribution in [0.15, 0.2) is 48.9 Å². The molecule has 2 bridgehead atoms. The number of aldehydes is 1. The lowest BCUT2D eigenvalue weighted by Gasteiger charge is -2.51. The molecule has 1 aromatic carbocycles. The Balaban J connectivity index is 1.51. The number of benzene rings is 1. The van der Waals surface area contributed by atoms with Crippen molar-refractivity contribution >= 4 is 29.4 Å². The summed E-state index contributed by atoms with van der Waals surface area (Å²) in [6, 6.07) is 8.78. The van der Waals surface area contributed by atoms with E-state index in [9.17, 15) is 9.18 Å². The third-order valence-corrected chi connectivity index (χ3v) is 6.45. The van der Waals surface area contributed by atoms with Gasteiger partial charge in [-0.1, -0.05) is 11.6 Å². The van der Waals surface area contributed by atoms with Crippen molar-refractivity contribution in [1.82, 2.24) is 15.0 Å². The molecule has 0 amide bonds. The summed E-state index contributed by atoms with van der Waals surface area (Å²) < 4.78 is 14.8. The average Bonchev–Trinajstić information content (AvgIpc) is 2.81. The number of hydrogen-bond donors (Lipinski definition) is 1. The van der Waals surface area contributed by atoms with Crippen LogP contribution in [0.1, 0.15) is 29.6 Å². The summed E-state index contributed by atoms with van der Waals surface area (Å²) in [7, 11) is 0. The molecule has 0 unspecified atom stereocenters. The van der Waals surface area contributed by atoms with Gasteiger partial charge in [0.1, 0.15) is 11.6 Å². The summed E-state index contributed by atoms with van der Waals surface area (Å²) in [6.45, 7) is 0.832. The molecule has 4 heterocycles. The average molecular weight is 438 g/mol. The van der Waals surface area contributed by atoms with Crippen molar-refractivity contribution in [2.24, 2.45) is 5.92 Å². The van der Waals surface area contributed by atoms with Crippen LogP contribution in [-0.4, -0.2) is 39.9 Å². The summed E-state index contributed by atoms with van der Waals surface area (Å²) in [5.74, 6) is 0.969. The van der Waals surface area contributed by atoms with Gasteiger partial charge in [0.2, 0.25) is 0 Å². The van der Waals surface area contributed by atoms with Crippen molar-refractivity contribution < 1.29 is 9.18 Å². The number of carbonyl (C=O) groups is 1. The number of hydrogen-bond acceptors (Lipinski definition) is 6. The number of rotatable bonds is 5. The second-order valence-electron chi connectivity index (χ2n) is 8.06. The highest BCUT2D eigenvalue weighted by molar-refractivity contribution is 6.30. The highest BCUT2D eigenvalue weighted by atomic mass is 35.5. The Morgan fingerprint density at radius 2 is 1.97 bits per heavy atom. The second kappa shape index (κ2) is 8.23. The zero-order valence-corrected chi connectivity index (χ0v) is 17.5. The molecule has 31 heavy (non-hydrogen) atoms. The highest BCUT2D eigenvalue weighted by Gasteiger charge is 2.42. The van der Waals surface area contributed by atoms with E-state index >= 15 is 0 Å². The van der Waals surface area contributed by atoms with Gasteiger partial charge in [-0.3, -0.25) is 4.79 Å². The van der Waals surface area contributed by atoms with Crippen LogP contribution in [0.4, 0.5) is 15.9 Å². The summed E-state index contributed by atoms with van der Waals surface area (Å²) >= 11 is 5.96. The minimum Gasteiger partial charge on any atom is -0.366 e. The Kier molecular flexibility index (Phi) is 5.28.